The van der Waals surface area contributed by atoms with Crippen LogP contribution in [0.4, 0.5) is 0 Å². The highest BCUT2D eigenvalue weighted by Gasteiger charge is 2.72. The summed E-state index contributed by atoms with van der Waals surface area (Å²) in [6.45, 7) is 2.14. The van der Waals surface area contributed by atoms with Gasteiger partial charge in [-0.3, -0.25) is 0 Å². The Morgan fingerprint density at radius 3 is 2.17 bits per heavy atom. The van der Waals surface area contributed by atoms with Crippen LogP contribution in [0.1, 0.15) is 39.0 Å². The highest BCUT2D eigenvalue weighted by Crippen LogP contribution is 2.73. The van der Waals surface area contributed by atoms with Crippen LogP contribution in [0.25, 0.3) is 0 Å². The Kier molecular flexibility index (Phi) is 1.60. The fraction of sp³-hybridized carbons (Fsp3) is 1.00. The minimum atomic E-state index is -3.28. The second kappa shape index (κ2) is 2.18. The molecule has 3 fully saturated rings. The van der Waals surface area contributed by atoms with Gasteiger partial charge in [-0.15, -0.1) is 0 Å². The van der Waals surface area contributed by atoms with E-state index in [4.69, 9.17) is 10.7 Å². The van der Waals surface area contributed by atoms with Crippen molar-refractivity contribution in [3.05, 3.63) is 0 Å². The van der Waals surface area contributed by atoms with Gasteiger partial charge in [0, 0.05) is 10.7 Å². The Labute approximate surface area is 77.7 Å². The van der Waals surface area contributed by atoms with Gasteiger partial charge in [0.15, 0.2) is 0 Å². The molecule has 3 rings (SSSR count). The van der Waals surface area contributed by atoms with Gasteiger partial charge in [-0.1, -0.05) is 13.3 Å². The molecule has 0 radical (unpaired) electrons. The molecular formula is C8H13ClO2S. The number of halogens is 1. The maximum atomic E-state index is 11.1. The van der Waals surface area contributed by atoms with E-state index in [1.165, 1.54) is 6.42 Å². The number of rotatable bonds is 3. The normalized spacial score (nSPS) is 44.8. The lowest BCUT2D eigenvalue weighted by molar-refractivity contribution is -0.0862. The highest BCUT2D eigenvalue weighted by molar-refractivity contribution is 8.15. The first-order valence-electron chi connectivity index (χ1n) is 4.37. The standard InChI is InChI=1S/C8H13ClO2S/c1-2-3-7-4-8(5-7,6-7)12(9,10)11/h2-6H2,1H3. The van der Waals surface area contributed by atoms with Crippen molar-refractivity contribution >= 4 is 19.7 Å². The largest absolute Gasteiger partial charge is 0.238 e. The number of hydrogen-bond donors (Lipinski definition) is 0. The smallest absolute Gasteiger partial charge is 0.212 e. The molecule has 0 unspecified atom stereocenters. The summed E-state index contributed by atoms with van der Waals surface area (Å²) in [5.74, 6) is 0. The van der Waals surface area contributed by atoms with Gasteiger partial charge in [0.2, 0.25) is 9.05 Å². The van der Waals surface area contributed by atoms with E-state index in [0.29, 0.717) is 5.41 Å². The average Bonchev–Trinajstić information content (AvgIpc) is 1.70. The van der Waals surface area contributed by atoms with E-state index < -0.39 is 13.8 Å². The lowest BCUT2D eigenvalue weighted by atomic mass is 9.42. The van der Waals surface area contributed by atoms with Crippen LogP contribution in [0.5, 0.6) is 0 Å². The van der Waals surface area contributed by atoms with E-state index >= 15 is 0 Å². The quantitative estimate of drug-likeness (QED) is 0.667. The zero-order valence-electron chi connectivity index (χ0n) is 7.14. The van der Waals surface area contributed by atoms with Gasteiger partial charge in [0.05, 0.1) is 4.75 Å². The Balaban J connectivity index is 2.05. The van der Waals surface area contributed by atoms with Gasteiger partial charge in [0.25, 0.3) is 0 Å². The van der Waals surface area contributed by atoms with E-state index in [1.54, 1.807) is 0 Å². The Morgan fingerprint density at radius 1 is 1.33 bits per heavy atom. The van der Waals surface area contributed by atoms with Gasteiger partial charge in [-0.2, -0.15) is 0 Å². The second-order valence-corrected chi connectivity index (χ2v) is 7.36. The Bertz CT molecular complexity index is 287. The summed E-state index contributed by atoms with van der Waals surface area (Å²) >= 11 is 0. The summed E-state index contributed by atoms with van der Waals surface area (Å²) in [5.41, 5.74) is 0.372. The molecule has 0 atom stereocenters. The van der Waals surface area contributed by atoms with Gasteiger partial charge in [-0.05, 0) is 31.1 Å². The van der Waals surface area contributed by atoms with Crippen LogP contribution in [0.2, 0.25) is 0 Å². The van der Waals surface area contributed by atoms with Crippen LogP contribution < -0.4 is 0 Å². The van der Waals surface area contributed by atoms with Crippen molar-refractivity contribution in [1.29, 1.82) is 0 Å². The van der Waals surface area contributed by atoms with Crippen molar-refractivity contribution in [2.45, 2.75) is 43.8 Å². The van der Waals surface area contributed by atoms with Crippen LogP contribution >= 0.6 is 10.7 Å². The van der Waals surface area contributed by atoms with Gasteiger partial charge in [0.1, 0.15) is 0 Å². The van der Waals surface area contributed by atoms with Crippen molar-refractivity contribution in [1.82, 2.24) is 0 Å². The first kappa shape index (κ1) is 8.82. The molecule has 0 spiro atoms. The lowest BCUT2D eigenvalue weighted by Gasteiger charge is -2.68. The minimum absolute atomic E-state index is 0.372. The SMILES string of the molecule is CCCC12CC(S(=O)(=O)Cl)(C1)C2. The van der Waals surface area contributed by atoms with Gasteiger partial charge < -0.3 is 0 Å². The molecule has 2 bridgehead atoms. The van der Waals surface area contributed by atoms with Crippen molar-refractivity contribution in [2.75, 3.05) is 0 Å². The highest BCUT2D eigenvalue weighted by atomic mass is 35.7. The molecule has 2 nitrogen and oxygen atoms in total. The molecule has 3 saturated carbocycles. The molecule has 0 amide bonds. The third-order valence-corrected chi connectivity index (χ3v) is 5.84. The Morgan fingerprint density at radius 2 is 1.83 bits per heavy atom. The molecular weight excluding hydrogens is 196 g/mol. The van der Waals surface area contributed by atoms with Crippen LogP contribution in [-0.2, 0) is 9.05 Å². The first-order valence-corrected chi connectivity index (χ1v) is 6.68. The van der Waals surface area contributed by atoms with Crippen molar-refractivity contribution < 1.29 is 8.42 Å². The van der Waals surface area contributed by atoms with E-state index in [0.717, 1.165) is 25.7 Å². The lowest BCUT2D eigenvalue weighted by Crippen LogP contribution is -2.69. The van der Waals surface area contributed by atoms with Crippen LogP contribution in [0.3, 0.4) is 0 Å². The third-order valence-electron chi connectivity index (χ3n) is 3.39. The zero-order valence-corrected chi connectivity index (χ0v) is 8.71. The molecule has 0 aromatic heterocycles. The molecule has 3 aliphatic rings. The van der Waals surface area contributed by atoms with Crippen molar-refractivity contribution in [3.63, 3.8) is 0 Å². The van der Waals surface area contributed by atoms with E-state index in [2.05, 4.69) is 6.92 Å². The number of hydrogen-bond acceptors (Lipinski definition) is 2. The molecule has 0 saturated heterocycles. The van der Waals surface area contributed by atoms with Crippen molar-refractivity contribution in [2.24, 2.45) is 5.41 Å². The molecule has 4 heteroatoms. The van der Waals surface area contributed by atoms with Gasteiger partial charge >= 0.3 is 0 Å². The Hall–Kier alpha value is 0.240. The molecule has 70 valence electrons. The minimum Gasteiger partial charge on any atom is -0.212 e. The molecule has 3 aliphatic carbocycles. The fourth-order valence-electron chi connectivity index (χ4n) is 2.95. The maximum Gasteiger partial charge on any atom is 0.238 e. The summed E-state index contributed by atoms with van der Waals surface area (Å²) in [4.78, 5) is 0. The fourth-order valence-corrected chi connectivity index (χ4v) is 4.88. The molecule has 0 aromatic rings. The first-order chi connectivity index (χ1) is 5.43. The predicted molar refractivity (Wildman–Crippen MR) is 48.7 cm³/mol. The summed E-state index contributed by atoms with van der Waals surface area (Å²) < 4.78 is 21.7. The molecule has 0 N–H and O–H groups in total. The summed E-state index contributed by atoms with van der Waals surface area (Å²) in [6, 6.07) is 0. The third kappa shape index (κ3) is 0.896. The summed E-state index contributed by atoms with van der Waals surface area (Å²) in [7, 11) is 2.06. The van der Waals surface area contributed by atoms with E-state index in [9.17, 15) is 8.42 Å². The maximum absolute atomic E-state index is 11.1. The monoisotopic (exact) mass is 208 g/mol. The average molecular weight is 209 g/mol. The van der Waals surface area contributed by atoms with Crippen LogP contribution in [0.15, 0.2) is 0 Å². The molecule has 12 heavy (non-hydrogen) atoms. The molecule has 0 heterocycles. The van der Waals surface area contributed by atoms with Crippen molar-refractivity contribution in [3.8, 4) is 0 Å². The summed E-state index contributed by atoms with van der Waals surface area (Å²) in [6.07, 6.45) is 4.78. The van der Waals surface area contributed by atoms with Crippen LogP contribution in [0, 0.1) is 5.41 Å². The van der Waals surface area contributed by atoms with E-state index in [1.807, 2.05) is 0 Å². The second-order valence-electron chi connectivity index (χ2n) is 4.40. The van der Waals surface area contributed by atoms with Gasteiger partial charge in [-0.25, -0.2) is 8.42 Å². The zero-order chi connectivity index (χ0) is 9.04. The van der Waals surface area contributed by atoms with Crippen LogP contribution in [-0.4, -0.2) is 13.2 Å². The molecule has 0 aromatic carbocycles. The molecule has 0 aliphatic heterocycles. The topological polar surface area (TPSA) is 34.1 Å². The van der Waals surface area contributed by atoms with E-state index in [-0.39, 0.29) is 0 Å². The predicted octanol–water partition coefficient (Wildman–Crippen LogP) is 2.28. The summed E-state index contributed by atoms with van der Waals surface area (Å²) in [5, 5.41) is 0.